The number of pyridine rings is 1. The number of nitrogens with one attached hydrogen (secondary N) is 1. The lowest BCUT2D eigenvalue weighted by Gasteiger charge is -2.09. The highest BCUT2D eigenvalue weighted by molar-refractivity contribution is 14.1. The molecule has 1 amide bonds. The summed E-state index contributed by atoms with van der Waals surface area (Å²) in [6.45, 7) is 0. The molecule has 1 aromatic carbocycles. The number of nitrogens with zero attached hydrogens (tertiary/aromatic N) is 1. The normalized spacial score (nSPS) is 11.2. The Labute approximate surface area is 126 Å². The van der Waals surface area contributed by atoms with Gasteiger partial charge in [0.2, 0.25) is 0 Å². The maximum absolute atomic E-state index is 12.5. The van der Waals surface area contributed by atoms with Crippen LogP contribution in [0.5, 0.6) is 0 Å². The molecule has 0 spiro atoms. The Hall–Kier alpha value is -1.64. The Kier molecular flexibility index (Phi) is 4.26. The van der Waals surface area contributed by atoms with E-state index in [0.29, 0.717) is 5.56 Å². The molecule has 1 heterocycles. The van der Waals surface area contributed by atoms with Crippen LogP contribution in [0.15, 0.2) is 42.6 Å². The number of rotatable bonds is 2. The molecule has 1 N–H and O–H groups in total. The van der Waals surface area contributed by atoms with Gasteiger partial charge in [-0.05, 0) is 52.9 Å². The predicted octanol–water partition coefficient (Wildman–Crippen LogP) is 3.96. The van der Waals surface area contributed by atoms with Gasteiger partial charge in [0.25, 0.3) is 5.91 Å². The fourth-order valence-corrected chi connectivity index (χ4v) is 2.04. The predicted molar refractivity (Wildman–Crippen MR) is 76.4 cm³/mol. The zero-order valence-corrected chi connectivity index (χ0v) is 12.1. The monoisotopic (exact) mass is 392 g/mol. The first-order chi connectivity index (χ1) is 9.36. The minimum Gasteiger partial charge on any atom is -0.307 e. The summed E-state index contributed by atoms with van der Waals surface area (Å²) in [6, 6.07) is 8.34. The number of benzene rings is 1. The number of halogens is 4. The van der Waals surface area contributed by atoms with E-state index in [1.807, 2.05) is 22.6 Å². The molecule has 0 fully saturated rings. The third kappa shape index (κ3) is 3.69. The van der Waals surface area contributed by atoms with Crippen molar-refractivity contribution in [1.82, 2.24) is 4.98 Å². The van der Waals surface area contributed by atoms with Crippen LogP contribution in [0.1, 0.15) is 15.9 Å². The Morgan fingerprint density at radius 1 is 1.20 bits per heavy atom. The zero-order chi connectivity index (χ0) is 14.8. The maximum atomic E-state index is 12.5. The number of alkyl halides is 3. The lowest BCUT2D eigenvalue weighted by atomic mass is 10.2. The van der Waals surface area contributed by atoms with Crippen molar-refractivity contribution >= 4 is 34.3 Å². The number of carbonyl (C=O) groups is 1. The maximum Gasteiger partial charge on any atom is 0.416 e. The summed E-state index contributed by atoms with van der Waals surface area (Å²) in [7, 11) is 0. The van der Waals surface area contributed by atoms with Crippen LogP contribution in [0, 0.1) is 3.57 Å². The molecule has 2 aromatic rings. The number of amides is 1. The van der Waals surface area contributed by atoms with Crippen LogP contribution in [-0.4, -0.2) is 10.9 Å². The van der Waals surface area contributed by atoms with Crippen molar-refractivity contribution in [2.24, 2.45) is 0 Å². The number of carbonyl (C=O) groups excluding carboxylic acids is 1. The van der Waals surface area contributed by atoms with E-state index in [2.05, 4.69) is 10.3 Å². The smallest absolute Gasteiger partial charge is 0.307 e. The van der Waals surface area contributed by atoms with E-state index in [1.54, 1.807) is 24.3 Å². The largest absolute Gasteiger partial charge is 0.416 e. The van der Waals surface area contributed by atoms with Gasteiger partial charge in [-0.25, -0.2) is 4.98 Å². The molecular formula is C13H8F3IN2O. The van der Waals surface area contributed by atoms with Gasteiger partial charge in [-0.3, -0.25) is 4.79 Å². The van der Waals surface area contributed by atoms with E-state index in [9.17, 15) is 18.0 Å². The summed E-state index contributed by atoms with van der Waals surface area (Å²) >= 11 is 2.04. The van der Waals surface area contributed by atoms with Gasteiger partial charge in [-0.15, -0.1) is 0 Å². The first kappa shape index (κ1) is 14.8. The molecule has 1 aromatic heterocycles. The van der Waals surface area contributed by atoms with Crippen molar-refractivity contribution in [3.8, 4) is 0 Å². The second kappa shape index (κ2) is 5.78. The fraction of sp³-hybridized carbons (Fsp3) is 0.0769. The lowest BCUT2D eigenvalue weighted by Crippen LogP contribution is -2.14. The summed E-state index contributed by atoms with van der Waals surface area (Å²) in [6.07, 6.45) is -3.46. The van der Waals surface area contributed by atoms with Crippen LogP contribution < -0.4 is 5.32 Å². The molecule has 104 valence electrons. The molecule has 3 nitrogen and oxygen atoms in total. The molecule has 0 aliphatic carbocycles. The third-order valence-corrected chi connectivity index (χ3v) is 3.09. The van der Waals surface area contributed by atoms with E-state index in [1.165, 1.54) is 0 Å². The summed E-state index contributed by atoms with van der Waals surface area (Å²) in [4.78, 5) is 15.6. The molecule has 2 rings (SSSR count). The van der Waals surface area contributed by atoms with Crippen molar-refractivity contribution in [2.45, 2.75) is 6.18 Å². The Balaban J connectivity index is 2.20. The van der Waals surface area contributed by atoms with Crippen LogP contribution >= 0.6 is 22.6 Å². The zero-order valence-electron chi connectivity index (χ0n) is 9.91. The molecular weight excluding hydrogens is 384 g/mol. The summed E-state index contributed by atoms with van der Waals surface area (Å²) in [5.74, 6) is -0.640. The van der Waals surface area contributed by atoms with Crippen LogP contribution in [0.3, 0.4) is 0 Å². The molecule has 7 heteroatoms. The van der Waals surface area contributed by atoms with E-state index in [4.69, 9.17) is 0 Å². The molecule has 0 aliphatic heterocycles. The second-order valence-corrected chi connectivity index (χ2v) is 5.14. The van der Waals surface area contributed by atoms with Crippen molar-refractivity contribution in [2.75, 3.05) is 5.32 Å². The minimum absolute atomic E-state index is 0.135. The molecule has 0 saturated heterocycles. The topological polar surface area (TPSA) is 42.0 Å². The van der Waals surface area contributed by atoms with Gasteiger partial charge in [0.15, 0.2) is 0 Å². The average molecular weight is 392 g/mol. The van der Waals surface area contributed by atoms with E-state index in [-0.39, 0.29) is 5.82 Å². The van der Waals surface area contributed by atoms with Gasteiger partial charge >= 0.3 is 6.18 Å². The van der Waals surface area contributed by atoms with Crippen LogP contribution in [0.4, 0.5) is 19.0 Å². The van der Waals surface area contributed by atoms with Gasteiger partial charge in [-0.2, -0.15) is 13.2 Å². The summed E-state index contributed by atoms with van der Waals surface area (Å²) in [5, 5.41) is 2.34. The Morgan fingerprint density at radius 2 is 1.95 bits per heavy atom. The highest BCUT2D eigenvalue weighted by Crippen LogP contribution is 2.29. The van der Waals surface area contributed by atoms with Gasteiger partial charge in [0.1, 0.15) is 5.82 Å². The number of aromatic nitrogens is 1. The SMILES string of the molecule is O=C(Nc1cc(C(F)(F)F)ccn1)c1cccc(I)c1. The molecule has 20 heavy (non-hydrogen) atoms. The van der Waals surface area contributed by atoms with Crippen molar-refractivity contribution in [3.63, 3.8) is 0 Å². The van der Waals surface area contributed by atoms with Crippen molar-refractivity contribution < 1.29 is 18.0 Å². The van der Waals surface area contributed by atoms with E-state index < -0.39 is 17.6 Å². The first-order valence-corrected chi connectivity index (χ1v) is 6.54. The fourth-order valence-electron chi connectivity index (χ4n) is 1.49. The highest BCUT2D eigenvalue weighted by Gasteiger charge is 2.30. The molecule has 0 aliphatic rings. The van der Waals surface area contributed by atoms with Crippen LogP contribution in [-0.2, 0) is 6.18 Å². The van der Waals surface area contributed by atoms with Crippen molar-refractivity contribution in [1.29, 1.82) is 0 Å². The molecule has 0 atom stereocenters. The first-order valence-electron chi connectivity index (χ1n) is 5.46. The van der Waals surface area contributed by atoms with E-state index in [0.717, 1.165) is 21.9 Å². The van der Waals surface area contributed by atoms with Crippen LogP contribution in [0.2, 0.25) is 0 Å². The van der Waals surface area contributed by atoms with E-state index >= 15 is 0 Å². The minimum atomic E-state index is -4.47. The lowest BCUT2D eigenvalue weighted by molar-refractivity contribution is -0.137. The standard InChI is InChI=1S/C13H8F3IN2O/c14-13(15,16)9-4-5-18-11(7-9)19-12(20)8-2-1-3-10(17)6-8/h1-7H,(H,18,19,20). The summed E-state index contributed by atoms with van der Waals surface area (Å²) < 4.78 is 38.5. The summed E-state index contributed by atoms with van der Waals surface area (Å²) in [5.41, 5.74) is -0.499. The molecule has 0 saturated carbocycles. The van der Waals surface area contributed by atoms with Gasteiger partial charge < -0.3 is 5.32 Å². The molecule has 0 radical (unpaired) electrons. The number of hydrogen-bond acceptors (Lipinski definition) is 2. The number of hydrogen-bond donors (Lipinski definition) is 1. The molecule has 0 unspecified atom stereocenters. The van der Waals surface area contributed by atoms with Gasteiger partial charge in [-0.1, -0.05) is 6.07 Å². The van der Waals surface area contributed by atoms with Gasteiger partial charge in [0, 0.05) is 15.3 Å². The van der Waals surface area contributed by atoms with Crippen LogP contribution in [0.25, 0.3) is 0 Å². The average Bonchev–Trinajstić information content (AvgIpc) is 2.38. The van der Waals surface area contributed by atoms with Crippen molar-refractivity contribution in [3.05, 3.63) is 57.3 Å². The Morgan fingerprint density at radius 3 is 2.60 bits per heavy atom. The quantitative estimate of drug-likeness (QED) is 0.787. The molecule has 0 bridgehead atoms. The third-order valence-electron chi connectivity index (χ3n) is 2.42. The number of anilines is 1. The van der Waals surface area contributed by atoms with Gasteiger partial charge in [0.05, 0.1) is 5.56 Å². The second-order valence-electron chi connectivity index (χ2n) is 3.89. The highest BCUT2D eigenvalue weighted by atomic mass is 127. The Bertz CT molecular complexity index is 644.